The van der Waals surface area contributed by atoms with Gasteiger partial charge in [-0.25, -0.2) is 4.57 Å². The molecule has 428 valence electrons. The molecular formula is C64H115NO8P+. The van der Waals surface area contributed by atoms with Crippen LogP contribution in [0.5, 0.6) is 0 Å². The number of esters is 2. The fourth-order valence-electron chi connectivity index (χ4n) is 8.26. The Balaban J connectivity index is 4.06. The van der Waals surface area contributed by atoms with Crippen molar-refractivity contribution < 1.29 is 42.1 Å². The van der Waals surface area contributed by atoms with Gasteiger partial charge in [-0.05, 0) is 83.5 Å². The van der Waals surface area contributed by atoms with Crippen LogP contribution in [0.4, 0.5) is 0 Å². The Labute approximate surface area is 456 Å². The summed E-state index contributed by atoms with van der Waals surface area (Å²) in [6.07, 6.45) is 74.0. The first-order valence-electron chi connectivity index (χ1n) is 30.3. The number of phosphoric acid groups is 1. The quantitative estimate of drug-likeness (QED) is 0.0211. The minimum absolute atomic E-state index is 0.0185. The maximum absolute atomic E-state index is 12.8. The molecule has 0 aliphatic rings. The second-order valence-electron chi connectivity index (χ2n) is 21.4. The maximum atomic E-state index is 12.8. The monoisotopic (exact) mass is 1060 g/mol. The minimum atomic E-state index is -4.40. The van der Waals surface area contributed by atoms with Gasteiger partial charge in [0.1, 0.15) is 19.8 Å². The smallest absolute Gasteiger partial charge is 0.462 e. The van der Waals surface area contributed by atoms with Gasteiger partial charge in [-0.3, -0.25) is 18.6 Å². The molecule has 0 fully saturated rings. The van der Waals surface area contributed by atoms with Gasteiger partial charge in [0.15, 0.2) is 6.10 Å². The summed E-state index contributed by atoms with van der Waals surface area (Å²) in [5.74, 6) is -0.862. The van der Waals surface area contributed by atoms with Crippen LogP contribution < -0.4 is 0 Å². The van der Waals surface area contributed by atoms with Gasteiger partial charge < -0.3 is 18.9 Å². The van der Waals surface area contributed by atoms with E-state index in [2.05, 4.69) is 92.8 Å². The summed E-state index contributed by atoms with van der Waals surface area (Å²) >= 11 is 0. The Morgan fingerprint density at radius 3 is 1.19 bits per heavy atom. The molecule has 2 atom stereocenters. The van der Waals surface area contributed by atoms with Crippen LogP contribution in [0.3, 0.4) is 0 Å². The highest BCUT2D eigenvalue weighted by Crippen LogP contribution is 2.43. The molecule has 0 amide bonds. The number of hydrogen-bond acceptors (Lipinski definition) is 7. The van der Waals surface area contributed by atoms with Crippen LogP contribution in [-0.4, -0.2) is 74.9 Å². The number of phosphoric ester groups is 1. The van der Waals surface area contributed by atoms with E-state index >= 15 is 0 Å². The molecule has 0 saturated carbocycles. The standard InChI is InChI=1S/C64H114NO8P/c1-6-8-10-12-14-16-18-20-22-24-25-26-27-28-29-30-31-32-33-34-35-36-37-38-39-41-42-44-46-48-50-52-54-56-63(66)70-60-62(61-72-74(68,69)71-59-58-65(3,4)5)73-64(67)57-55-53-51-49-47-45-43-40-23-21-19-17-15-13-11-9-7-2/h9,11,15,17-18,20-21,23-25,43,45,49,51,62H,6-8,10,12-14,16,19,22,26-42,44,46-48,50,52-61H2,1-5H3/p+1/b11-9-,17-15-,20-18-,23-21-,25-24-,45-43-,51-49-. The molecule has 74 heavy (non-hydrogen) atoms. The fourth-order valence-corrected chi connectivity index (χ4v) is 9.00. The first kappa shape index (κ1) is 71.2. The van der Waals surface area contributed by atoms with Crippen molar-refractivity contribution in [3.8, 4) is 0 Å². The van der Waals surface area contributed by atoms with Crippen molar-refractivity contribution in [2.75, 3.05) is 47.5 Å². The van der Waals surface area contributed by atoms with Crippen LogP contribution in [0, 0.1) is 0 Å². The molecule has 1 N–H and O–H groups in total. The van der Waals surface area contributed by atoms with E-state index in [9.17, 15) is 19.0 Å². The van der Waals surface area contributed by atoms with Gasteiger partial charge in [0.2, 0.25) is 0 Å². The van der Waals surface area contributed by atoms with Crippen LogP contribution in [0.25, 0.3) is 0 Å². The van der Waals surface area contributed by atoms with E-state index in [1.807, 2.05) is 27.2 Å². The molecule has 0 aliphatic carbocycles. The molecule has 0 rings (SSSR count). The highest BCUT2D eigenvalue weighted by Gasteiger charge is 2.27. The average Bonchev–Trinajstić information content (AvgIpc) is 3.36. The van der Waals surface area contributed by atoms with Crippen molar-refractivity contribution in [1.29, 1.82) is 0 Å². The molecule has 2 unspecified atom stereocenters. The topological polar surface area (TPSA) is 108 Å². The Hall–Kier alpha value is -2.81. The second kappa shape index (κ2) is 55.0. The van der Waals surface area contributed by atoms with E-state index in [4.69, 9.17) is 18.5 Å². The summed E-state index contributed by atoms with van der Waals surface area (Å²) in [4.78, 5) is 35.6. The molecule has 0 aromatic heterocycles. The molecule has 0 bridgehead atoms. The lowest BCUT2D eigenvalue weighted by Gasteiger charge is -2.24. The lowest BCUT2D eigenvalue weighted by molar-refractivity contribution is -0.870. The first-order valence-corrected chi connectivity index (χ1v) is 31.8. The lowest BCUT2D eigenvalue weighted by atomic mass is 10.0. The van der Waals surface area contributed by atoms with Crippen molar-refractivity contribution in [2.45, 2.75) is 264 Å². The summed E-state index contributed by atoms with van der Waals surface area (Å²) in [5, 5.41) is 0. The first-order chi connectivity index (χ1) is 36.0. The average molecular weight is 1060 g/mol. The zero-order valence-electron chi connectivity index (χ0n) is 48.6. The van der Waals surface area contributed by atoms with Gasteiger partial charge in [0.05, 0.1) is 27.7 Å². The van der Waals surface area contributed by atoms with Crippen LogP contribution in [0.15, 0.2) is 85.1 Å². The van der Waals surface area contributed by atoms with Crippen LogP contribution >= 0.6 is 7.82 Å². The fraction of sp³-hybridized carbons (Fsp3) is 0.750. The van der Waals surface area contributed by atoms with Gasteiger partial charge in [0.25, 0.3) is 0 Å². The van der Waals surface area contributed by atoms with E-state index < -0.39 is 26.5 Å². The molecule has 0 spiro atoms. The number of allylic oxidation sites excluding steroid dienone is 14. The van der Waals surface area contributed by atoms with E-state index in [-0.39, 0.29) is 32.0 Å². The number of carbonyl (C=O) groups excluding carboxylic acids is 2. The number of carbonyl (C=O) groups is 2. The Kier molecular flexibility index (Phi) is 52.9. The van der Waals surface area contributed by atoms with Crippen molar-refractivity contribution >= 4 is 19.8 Å². The third-order valence-corrected chi connectivity index (χ3v) is 13.9. The summed E-state index contributed by atoms with van der Waals surface area (Å²) in [7, 11) is 1.44. The second-order valence-corrected chi connectivity index (χ2v) is 22.8. The van der Waals surface area contributed by atoms with E-state index in [0.29, 0.717) is 23.9 Å². The predicted molar refractivity (Wildman–Crippen MR) is 316 cm³/mol. The van der Waals surface area contributed by atoms with Crippen molar-refractivity contribution in [3.05, 3.63) is 85.1 Å². The highest BCUT2D eigenvalue weighted by molar-refractivity contribution is 7.47. The number of rotatable bonds is 55. The number of unbranched alkanes of at least 4 members (excludes halogenated alkanes) is 27. The molecule has 0 aromatic rings. The van der Waals surface area contributed by atoms with E-state index in [1.165, 1.54) is 161 Å². The molecule has 0 aromatic carbocycles. The molecule has 0 heterocycles. The largest absolute Gasteiger partial charge is 0.472 e. The van der Waals surface area contributed by atoms with Gasteiger partial charge in [-0.1, -0.05) is 247 Å². The normalized spacial score (nSPS) is 13.9. The molecule has 9 nitrogen and oxygen atoms in total. The number of nitrogens with zero attached hydrogens (tertiary/aromatic N) is 1. The predicted octanol–water partition coefficient (Wildman–Crippen LogP) is 19.0. The maximum Gasteiger partial charge on any atom is 0.472 e. The van der Waals surface area contributed by atoms with Crippen molar-refractivity contribution in [3.63, 3.8) is 0 Å². The van der Waals surface area contributed by atoms with E-state index in [0.717, 1.165) is 57.8 Å². The Morgan fingerprint density at radius 2 is 0.784 bits per heavy atom. The zero-order chi connectivity index (χ0) is 54.2. The Morgan fingerprint density at radius 1 is 0.432 bits per heavy atom. The summed E-state index contributed by atoms with van der Waals surface area (Å²) in [5.41, 5.74) is 0. The molecule has 0 aliphatic heterocycles. The molecule has 0 radical (unpaired) electrons. The number of hydrogen-bond donors (Lipinski definition) is 1. The van der Waals surface area contributed by atoms with Crippen molar-refractivity contribution in [2.24, 2.45) is 0 Å². The molecular weight excluding hydrogens is 942 g/mol. The number of ether oxygens (including phenoxy) is 2. The van der Waals surface area contributed by atoms with Crippen LogP contribution in [0.1, 0.15) is 258 Å². The van der Waals surface area contributed by atoms with Gasteiger partial charge in [-0.15, -0.1) is 0 Å². The summed E-state index contributed by atoms with van der Waals surface area (Å²) < 4.78 is 34.5. The number of likely N-dealkylation sites (N-methyl/N-ethyl adjacent to an activating group) is 1. The Bertz CT molecular complexity index is 1520. The van der Waals surface area contributed by atoms with Gasteiger partial charge in [-0.2, -0.15) is 0 Å². The van der Waals surface area contributed by atoms with Crippen LogP contribution in [-0.2, 0) is 32.7 Å². The van der Waals surface area contributed by atoms with E-state index in [1.54, 1.807) is 0 Å². The third kappa shape index (κ3) is 58.5. The zero-order valence-corrected chi connectivity index (χ0v) is 49.5. The van der Waals surface area contributed by atoms with Crippen molar-refractivity contribution in [1.82, 2.24) is 0 Å². The van der Waals surface area contributed by atoms with Crippen LogP contribution in [0.2, 0.25) is 0 Å². The lowest BCUT2D eigenvalue weighted by Crippen LogP contribution is -2.37. The summed E-state index contributed by atoms with van der Waals surface area (Å²) in [6.45, 7) is 4.25. The molecule has 0 saturated heterocycles. The molecule has 10 heteroatoms. The number of quaternary nitrogens is 1. The summed E-state index contributed by atoms with van der Waals surface area (Å²) in [6, 6.07) is 0. The van der Waals surface area contributed by atoms with Gasteiger partial charge in [0, 0.05) is 12.8 Å². The minimum Gasteiger partial charge on any atom is -0.462 e. The van der Waals surface area contributed by atoms with Gasteiger partial charge >= 0.3 is 19.8 Å². The third-order valence-electron chi connectivity index (χ3n) is 12.9. The SMILES string of the molecule is CC/C=C\C/C=C\C/C=C\C/C=C\C/C=C\CCCC(=O)OC(COC(=O)CCCCCCCCCCCCCCCCCCCCCCC/C=C\C/C=C\CCCCCCC)COP(=O)(O)OCC[N+](C)(C)C. The highest BCUT2D eigenvalue weighted by atomic mass is 31.2.